The van der Waals surface area contributed by atoms with Gasteiger partial charge in [-0.2, -0.15) is 17.0 Å². The Bertz CT molecular complexity index is 466. The summed E-state index contributed by atoms with van der Waals surface area (Å²) in [6, 6.07) is 4.38. The van der Waals surface area contributed by atoms with Crippen molar-refractivity contribution in [2.75, 3.05) is 10.8 Å². The number of aromatic nitrogens is 1. The van der Waals surface area contributed by atoms with Crippen LogP contribution in [0.15, 0.2) is 11.1 Å². The van der Waals surface area contributed by atoms with Gasteiger partial charge in [0.15, 0.2) is 0 Å². The SMILES string of the molecule is CCCCSCSc1nc2c(cc1C#N)CCCC2. The quantitative estimate of drug-likeness (QED) is 0.442. The van der Waals surface area contributed by atoms with Gasteiger partial charge in [0.25, 0.3) is 0 Å². The number of aryl methyl sites for hydroxylation is 2. The number of unbranched alkanes of at least 4 members (excludes halogenated alkanes) is 1. The number of hydrogen-bond acceptors (Lipinski definition) is 4. The van der Waals surface area contributed by atoms with Gasteiger partial charge in [-0.3, -0.25) is 0 Å². The molecule has 1 aliphatic rings. The number of pyridine rings is 1. The molecule has 0 spiro atoms. The zero-order valence-electron chi connectivity index (χ0n) is 11.4. The Morgan fingerprint density at radius 3 is 3.00 bits per heavy atom. The van der Waals surface area contributed by atoms with Crippen LogP contribution < -0.4 is 0 Å². The van der Waals surface area contributed by atoms with Crippen molar-refractivity contribution in [3.05, 3.63) is 22.9 Å². The summed E-state index contributed by atoms with van der Waals surface area (Å²) in [4.78, 5) is 4.73. The Kier molecular flexibility index (Phi) is 6.06. The minimum atomic E-state index is 0.766. The Morgan fingerprint density at radius 2 is 2.21 bits per heavy atom. The topological polar surface area (TPSA) is 36.7 Å². The number of rotatable bonds is 6. The molecular formula is C15H20N2S2. The van der Waals surface area contributed by atoms with Crippen LogP contribution in [-0.4, -0.2) is 15.8 Å². The molecule has 0 amide bonds. The highest BCUT2D eigenvalue weighted by molar-refractivity contribution is 8.15. The molecule has 0 fully saturated rings. The van der Waals surface area contributed by atoms with Gasteiger partial charge < -0.3 is 0 Å². The van der Waals surface area contributed by atoms with Crippen LogP contribution >= 0.6 is 23.5 Å². The average Bonchev–Trinajstić information content (AvgIpc) is 2.46. The fraction of sp³-hybridized carbons (Fsp3) is 0.600. The molecule has 0 bridgehead atoms. The molecule has 1 aromatic heterocycles. The summed E-state index contributed by atoms with van der Waals surface area (Å²) in [5.74, 6) is 1.20. The smallest absolute Gasteiger partial charge is 0.115 e. The van der Waals surface area contributed by atoms with E-state index < -0.39 is 0 Å². The molecule has 1 heterocycles. The van der Waals surface area contributed by atoms with Gasteiger partial charge in [-0.05, 0) is 49.5 Å². The van der Waals surface area contributed by atoms with Crippen molar-refractivity contribution in [2.24, 2.45) is 0 Å². The highest BCUT2D eigenvalue weighted by atomic mass is 32.2. The molecule has 4 heteroatoms. The molecule has 0 aromatic carbocycles. The van der Waals surface area contributed by atoms with Crippen molar-refractivity contribution >= 4 is 23.5 Å². The molecule has 2 nitrogen and oxygen atoms in total. The third-order valence-corrected chi connectivity index (χ3v) is 5.61. The molecule has 1 aromatic rings. The van der Waals surface area contributed by atoms with Crippen molar-refractivity contribution in [1.29, 1.82) is 5.26 Å². The van der Waals surface area contributed by atoms with Crippen molar-refractivity contribution < 1.29 is 0 Å². The number of hydrogen-bond donors (Lipinski definition) is 0. The molecule has 102 valence electrons. The Balaban J connectivity index is 2.01. The maximum Gasteiger partial charge on any atom is 0.115 e. The monoisotopic (exact) mass is 292 g/mol. The van der Waals surface area contributed by atoms with Crippen LogP contribution in [0.4, 0.5) is 0 Å². The standard InChI is InChI=1S/C15H20N2S2/c1-2-3-8-18-11-19-15-13(10-16)9-12-6-4-5-7-14(12)17-15/h9H,2-8,11H2,1H3. The Hall–Kier alpha value is -0.660. The van der Waals surface area contributed by atoms with Crippen LogP contribution in [0.2, 0.25) is 0 Å². The second-order valence-electron chi connectivity index (χ2n) is 4.79. The molecule has 0 saturated carbocycles. The molecule has 0 atom stereocenters. The molecule has 0 saturated heterocycles. The summed E-state index contributed by atoms with van der Waals surface area (Å²) in [6.07, 6.45) is 7.16. The molecule has 2 rings (SSSR count). The first kappa shape index (κ1) is 14.7. The first-order valence-electron chi connectivity index (χ1n) is 6.98. The van der Waals surface area contributed by atoms with E-state index in [-0.39, 0.29) is 0 Å². The highest BCUT2D eigenvalue weighted by Gasteiger charge is 2.15. The number of fused-ring (bicyclic) bond motifs is 1. The van der Waals surface area contributed by atoms with E-state index >= 15 is 0 Å². The van der Waals surface area contributed by atoms with E-state index in [2.05, 4.69) is 19.1 Å². The largest absolute Gasteiger partial charge is 0.245 e. The Labute approximate surface area is 124 Å². The lowest BCUT2D eigenvalue weighted by Crippen LogP contribution is -2.07. The predicted molar refractivity (Wildman–Crippen MR) is 83.7 cm³/mol. The lowest BCUT2D eigenvalue weighted by atomic mass is 9.95. The number of nitriles is 1. The van der Waals surface area contributed by atoms with E-state index in [0.29, 0.717) is 0 Å². The number of thioether (sulfide) groups is 2. The minimum absolute atomic E-state index is 0.766. The summed E-state index contributed by atoms with van der Waals surface area (Å²) < 4.78 is 0. The van der Waals surface area contributed by atoms with E-state index in [1.807, 2.05) is 11.8 Å². The minimum Gasteiger partial charge on any atom is -0.245 e. The first-order valence-corrected chi connectivity index (χ1v) is 9.12. The van der Waals surface area contributed by atoms with Gasteiger partial charge >= 0.3 is 0 Å². The maximum atomic E-state index is 9.25. The molecule has 19 heavy (non-hydrogen) atoms. The van der Waals surface area contributed by atoms with Gasteiger partial charge in [0, 0.05) is 10.8 Å². The van der Waals surface area contributed by atoms with Gasteiger partial charge in [-0.1, -0.05) is 25.1 Å². The summed E-state index contributed by atoms with van der Waals surface area (Å²) in [5.41, 5.74) is 3.29. The van der Waals surface area contributed by atoms with Crippen LogP contribution in [0.25, 0.3) is 0 Å². The van der Waals surface area contributed by atoms with Crippen LogP contribution in [0.5, 0.6) is 0 Å². The van der Waals surface area contributed by atoms with Crippen LogP contribution in [0, 0.1) is 11.3 Å². The maximum absolute atomic E-state index is 9.25. The zero-order valence-corrected chi connectivity index (χ0v) is 13.1. The summed E-state index contributed by atoms with van der Waals surface area (Å²) in [7, 11) is 0. The van der Waals surface area contributed by atoms with Crippen molar-refractivity contribution in [3.63, 3.8) is 0 Å². The highest BCUT2D eigenvalue weighted by Crippen LogP contribution is 2.29. The Morgan fingerprint density at radius 1 is 1.37 bits per heavy atom. The van der Waals surface area contributed by atoms with E-state index in [4.69, 9.17) is 4.98 Å². The predicted octanol–water partition coefficient (Wildman–Crippen LogP) is 4.41. The second kappa shape index (κ2) is 7.81. The average molecular weight is 292 g/mol. The lowest BCUT2D eigenvalue weighted by Gasteiger charge is -2.16. The third kappa shape index (κ3) is 4.15. The first-order chi connectivity index (χ1) is 9.35. The lowest BCUT2D eigenvalue weighted by molar-refractivity contribution is 0.660. The molecule has 0 radical (unpaired) electrons. The van der Waals surface area contributed by atoms with Gasteiger partial charge in [-0.25, -0.2) is 4.98 Å². The van der Waals surface area contributed by atoms with E-state index in [9.17, 15) is 5.26 Å². The molecule has 0 aliphatic heterocycles. The molecule has 1 aliphatic carbocycles. The van der Waals surface area contributed by atoms with E-state index in [1.165, 1.54) is 42.7 Å². The number of nitrogens with zero attached hydrogens (tertiary/aromatic N) is 2. The molecule has 0 unspecified atom stereocenters. The van der Waals surface area contributed by atoms with Gasteiger partial charge in [0.05, 0.1) is 5.56 Å². The fourth-order valence-corrected chi connectivity index (χ4v) is 4.39. The van der Waals surface area contributed by atoms with E-state index in [1.54, 1.807) is 11.8 Å². The summed E-state index contributed by atoms with van der Waals surface area (Å²) in [5, 5.41) is 11.2. The van der Waals surface area contributed by atoms with Crippen molar-refractivity contribution in [3.8, 4) is 6.07 Å². The van der Waals surface area contributed by atoms with Gasteiger partial charge in [-0.15, -0.1) is 0 Å². The fourth-order valence-electron chi connectivity index (χ4n) is 2.21. The van der Waals surface area contributed by atoms with Gasteiger partial charge in [0.1, 0.15) is 11.1 Å². The normalized spacial score (nSPS) is 13.9. The summed E-state index contributed by atoms with van der Waals surface area (Å²) >= 11 is 3.67. The van der Waals surface area contributed by atoms with E-state index in [0.717, 1.165) is 28.5 Å². The van der Waals surface area contributed by atoms with Gasteiger partial charge in [0.2, 0.25) is 0 Å². The van der Waals surface area contributed by atoms with Crippen LogP contribution in [0.1, 0.15) is 49.4 Å². The van der Waals surface area contributed by atoms with Crippen molar-refractivity contribution in [1.82, 2.24) is 4.98 Å². The second-order valence-corrected chi connectivity index (χ2v) is 7.22. The van der Waals surface area contributed by atoms with Crippen LogP contribution in [-0.2, 0) is 12.8 Å². The zero-order chi connectivity index (χ0) is 13.5. The summed E-state index contributed by atoms with van der Waals surface area (Å²) in [6.45, 7) is 2.21. The van der Waals surface area contributed by atoms with Crippen LogP contribution in [0.3, 0.4) is 0 Å². The van der Waals surface area contributed by atoms with Crippen molar-refractivity contribution in [2.45, 2.75) is 50.5 Å². The molecular weight excluding hydrogens is 272 g/mol. The third-order valence-electron chi connectivity index (χ3n) is 3.31. The molecule has 0 N–H and O–H groups in total.